The molecule has 7 heteroatoms. The van der Waals surface area contributed by atoms with Gasteiger partial charge in [-0.05, 0) is 49.4 Å². The van der Waals surface area contributed by atoms with E-state index in [4.69, 9.17) is 4.42 Å². The molecule has 1 aliphatic carbocycles. The fourth-order valence-corrected chi connectivity index (χ4v) is 3.68. The lowest BCUT2D eigenvalue weighted by atomic mass is 9.86. The van der Waals surface area contributed by atoms with Gasteiger partial charge in [-0.3, -0.25) is 14.9 Å². The minimum atomic E-state index is -0.446. The zero-order valence-corrected chi connectivity index (χ0v) is 16.5. The number of carbonyl (C=O) groups excluding carboxylic acids is 1. The number of hydrogen-bond acceptors (Lipinski definition) is 5. The van der Waals surface area contributed by atoms with Gasteiger partial charge in [-0.25, -0.2) is 0 Å². The van der Waals surface area contributed by atoms with Crippen molar-refractivity contribution >= 4 is 17.7 Å². The van der Waals surface area contributed by atoms with Crippen LogP contribution in [0.5, 0.6) is 0 Å². The van der Waals surface area contributed by atoms with E-state index >= 15 is 0 Å². The maximum absolute atomic E-state index is 12.5. The van der Waals surface area contributed by atoms with E-state index in [1.54, 1.807) is 25.1 Å². The van der Waals surface area contributed by atoms with E-state index in [1.807, 2.05) is 6.07 Å². The van der Waals surface area contributed by atoms with Gasteiger partial charge in [0, 0.05) is 29.8 Å². The minimum absolute atomic E-state index is 0.0101. The topological polar surface area (TPSA) is 109 Å². The van der Waals surface area contributed by atoms with Crippen molar-refractivity contribution in [1.29, 1.82) is 5.26 Å². The van der Waals surface area contributed by atoms with Crippen LogP contribution in [-0.4, -0.2) is 16.9 Å². The molecule has 0 bridgehead atoms. The number of non-ortho nitro benzene ring substituents is 1. The van der Waals surface area contributed by atoms with Gasteiger partial charge >= 0.3 is 0 Å². The number of nitro groups is 1. The average molecular weight is 393 g/mol. The van der Waals surface area contributed by atoms with Crippen LogP contribution in [0.3, 0.4) is 0 Å². The van der Waals surface area contributed by atoms with E-state index in [1.165, 1.54) is 24.6 Å². The Hall–Kier alpha value is -3.40. The smallest absolute Gasteiger partial charge is 0.269 e. The Bertz CT molecular complexity index is 1000. The van der Waals surface area contributed by atoms with Crippen molar-refractivity contribution in [2.24, 2.45) is 5.92 Å². The second-order valence-corrected chi connectivity index (χ2v) is 7.47. The molecule has 0 saturated heterocycles. The van der Waals surface area contributed by atoms with Gasteiger partial charge in [-0.2, -0.15) is 5.26 Å². The summed E-state index contributed by atoms with van der Waals surface area (Å²) in [6, 6.07) is 9.95. The van der Waals surface area contributed by atoms with Crippen LogP contribution >= 0.6 is 0 Å². The van der Waals surface area contributed by atoms with Crippen molar-refractivity contribution in [1.82, 2.24) is 5.32 Å². The summed E-state index contributed by atoms with van der Waals surface area (Å²) < 4.78 is 5.77. The highest BCUT2D eigenvalue weighted by Crippen LogP contribution is 2.29. The Balaban J connectivity index is 1.78. The molecule has 1 saturated carbocycles. The Morgan fingerprint density at radius 2 is 2.07 bits per heavy atom. The third-order valence-corrected chi connectivity index (χ3v) is 5.39. The monoisotopic (exact) mass is 393 g/mol. The van der Waals surface area contributed by atoms with Crippen LogP contribution in [-0.2, 0) is 4.79 Å². The maximum Gasteiger partial charge on any atom is 0.269 e. The zero-order chi connectivity index (χ0) is 21.0. The van der Waals surface area contributed by atoms with Crippen molar-refractivity contribution < 1.29 is 14.1 Å². The molecule has 2 aromatic rings. The lowest BCUT2D eigenvalue weighted by Crippen LogP contribution is -2.41. The Morgan fingerprint density at radius 1 is 1.31 bits per heavy atom. The highest BCUT2D eigenvalue weighted by molar-refractivity contribution is 6.01. The first-order valence-electron chi connectivity index (χ1n) is 9.67. The third-order valence-electron chi connectivity index (χ3n) is 5.39. The van der Waals surface area contributed by atoms with Crippen molar-refractivity contribution in [2.75, 3.05) is 0 Å². The van der Waals surface area contributed by atoms with Crippen LogP contribution < -0.4 is 5.32 Å². The van der Waals surface area contributed by atoms with E-state index in [9.17, 15) is 20.2 Å². The number of benzene rings is 1. The third kappa shape index (κ3) is 4.72. The van der Waals surface area contributed by atoms with Crippen molar-refractivity contribution in [3.63, 3.8) is 0 Å². The number of carbonyl (C=O) groups is 1. The molecule has 29 heavy (non-hydrogen) atoms. The predicted molar refractivity (Wildman–Crippen MR) is 109 cm³/mol. The summed E-state index contributed by atoms with van der Waals surface area (Å²) in [6.45, 7) is 3.88. The molecule has 1 fully saturated rings. The predicted octanol–water partition coefficient (Wildman–Crippen LogP) is 4.77. The van der Waals surface area contributed by atoms with E-state index in [2.05, 4.69) is 12.2 Å². The van der Waals surface area contributed by atoms with Gasteiger partial charge in [-0.15, -0.1) is 0 Å². The van der Waals surface area contributed by atoms with Gasteiger partial charge in [0.25, 0.3) is 11.6 Å². The van der Waals surface area contributed by atoms with E-state index < -0.39 is 10.8 Å². The number of amides is 1. The number of nitrogens with one attached hydrogen (secondary N) is 1. The van der Waals surface area contributed by atoms with Gasteiger partial charge in [0.2, 0.25) is 0 Å². The molecule has 1 aromatic carbocycles. The van der Waals surface area contributed by atoms with Crippen LogP contribution in [0.25, 0.3) is 17.4 Å². The van der Waals surface area contributed by atoms with Crippen LogP contribution in [0, 0.1) is 34.3 Å². The molecule has 1 aromatic heterocycles. The summed E-state index contributed by atoms with van der Waals surface area (Å²) in [5, 5.41) is 23.3. The van der Waals surface area contributed by atoms with E-state index in [-0.39, 0.29) is 17.3 Å². The summed E-state index contributed by atoms with van der Waals surface area (Å²) in [5.41, 5.74) is 1.42. The average Bonchev–Trinajstić information content (AvgIpc) is 3.16. The van der Waals surface area contributed by atoms with Gasteiger partial charge in [0.05, 0.1) is 4.92 Å². The first-order valence-corrected chi connectivity index (χ1v) is 9.67. The van der Waals surface area contributed by atoms with Crippen molar-refractivity contribution in [3.8, 4) is 17.4 Å². The quantitative estimate of drug-likeness (QED) is 0.341. The molecule has 0 spiro atoms. The number of nitriles is 1. The molecule has 1 aliphatic rings. The van der Waals surface area contributed by atoms with E-state index in [0.29, 0.717) is 28.6 Å². The number of hydrogen-bond donors (Lipinski definition) is 1. The summed E-state index contributed by atoms with van der Waals surface area (Å²) in [4.78, 5) is 23.0. The maximum atomic E-state index is 12.5. The largest absolute Gasteiger partial charge is 0.457 e. The van der Waals surface area contributed by atoms with Gasteiger partial charge < -0.3 is 9.73 Å². The molecule has 2 atom stereocenters. The van der Waals surface area contributed by atoms with Crippen molar-refractivity contribution in [3.05, 3.63) is 57.3 Å². The first-order chi connectivity index (χ1) is 13.9. The number of rotatable bonds is 5. The molecular formula is C22H23N3O4. The summed E-state index contributed by atoms with van der Waals surface area (Å²) in [6.07, 6.45) is 5.68. The summed E-state index contributed by atoms with van der Waals surface area (Å²) in [7, 11) is 0. The van der Waals surface area contributed by atoms with Gasteiger partial charge in [-0.1, -0.05) is 19.8 Å². The van der Waals surface area contributed by atoms with Gasteiger partial charge in [0.15, 0.2) is 0 Å². The standard InChI is InChI=1S/C22H23N3O4/c1-14-5-3-4-6-20(14)24-22(26)16(13-23)12-18-8-10-21(29-18)19-9-7-17(25(27)28)11-15(19)2/h7-12,14,20H,3-6H2,1-2H3,(H,24,26)/b16-12+/t14-,20-/m0/s1. The minimum Gasteiger partial charge on any atom is -0.457 e. The van der Waals surface area contributed by atoms with Gasteiger partial charge in [0.1, 0.15) is 23.2 Å². The second-order valence-electron chi connectivity index (χ2n) is 7.47. The number of nitro benzene ring substituents is 1. The number of furan rings is 1. The molecule has 150 valence electrons. The van der Waals surface area contributed by atoms with Crippen LogP contribution in [0.2, 0.25) is 0 Å². The van der Waals surface area contributed by atoms with Crippen LogP contribution in [0.15, 0.2) is 40.3 Å². The fourth-order valence-electron chi connectivity index (χ4n) is 3.68. The molecule has 1 N–H and O–H groups in total. The number of aryl methyl sites for hydroxylation is 1. The molecule has 0 unspecified atom stereocenters. The molecule has 1 heterocycles. The molecule has 0 radical (unpaired) electrons. The second kappa shape index (κ2) is 8.74. The van der Waals surface area contributed by atoms with Crippen molar-refractivity contribution in [2.45, 2.75) is 45.6 Å². The lowest BCUT2D eigenvalue weighted by molar-refractivity contribution is -0.384. The SMILES string of the molecule is Cc1cc([N+](=O)[O-])ccc1-c1ccc(/C=C(\C#N)C(=O)N[C@H]2CCCC[C@@H]2C)o1. The normalized spacial score (nSPS) is 19.4. The van der Waals surface area contributed by atoms with Crippen LogP contribution in [0.4, 0.5) is 5.69 Å². The highest BCUT2D eigenvalue weighted by Gasteiger charge is 2.24. The Kier molecular flexibility index (Phi) is 6.13. The zero-order valence-electron chi connectivity index (χ0n) is 16.5. The Morgan fingerprint density at radius 3 is 2.72 bits per heavy atom. The molecule has 3 rings (SSSR count). The lowest BCUT2D eigenvalue weighted by Gasteiger charge is -2.29. The molecule has 7 nitrogen and oxygen atoms in total. The number of nitrogens with zero attached hydrogens (tertiary/aromatic N) is 2. The van der Waals surface area contributed by atoms with E-state index in [0.717, 1.165) is 19.3 Å². The molecule has 1 amide bonds. The fraction of sp³-hybridized carbons (Fsp3) is 0.364. The first kappa shape index (κ1) is 20.3. The highest BCUT2D eigenvalue weighted by atomic mass is 16.6. The molecule has 0 aliphatic heterocycles. The molecular weight excluding hydrogens is 370 g/mol. The van der Waals surface area contributed by atoms with Crippen LogP contribution in [0.1, 0.15) is 43.9 Å². The summed E-state index contributed by atoms with van der Waals surface area (Å²) >= 11 is 0. The summed E-state index contributed by atoms with van der Waals surface area (Å²) in [5.74, 6) is 0.895. The Labute approximate surface area is 169 Å².